The van der Waals surface area contributed by atoms with E-state index in [1.807, 2.05) is 61.5 Å². The number of aryl methyl sites for hydroxylation is 3. The smallest absolute Gasteiger partial charge is 0.173 e. The van der Waals surface area contributed by atoms with Gasteiger partial charge in [-0.3, -0.25) is 0 Å². The van der Waals surface area contributed by atoms with E-state index in [2.05, 4.69) is 0 Å². The predicted molar refractivity (Wildman–Crippen MR) is 83.5 cm³/mol. The summed E-state index contributed by atoms with van der Waals surface area (Å²) in [6, 6.07) is 17.9. The molecule has 0 saturated carbocycles. The topological polar surface area (TPSA) is 0 Å². The first-order chi connectivity index (χ1) is 10.1. The Morgan fingerprint density at radius 1 is 0.762 bits per heavy atom. The minimum atomic E-state index is -1.52. The summed E-state index contributed by atoms with van der Waals surface area (Å²) >= 11 is 0. The lowest BCUT2D eigenvalue weighted by Gasteiger charge is -2.07. The van der Waals surface area contributed by atoms with Gasteiger partial charge in [-0.05, 0) is 49.3 Å². The molecule has 0 aromatic heterocycles. The quantitative estimate of drug-likeness (QED) is 0.638. The van der Waals surface area contributed by atoms with E-state index in [1.54, 1.807) is 0 Å². The van der Waals surface area contributed by atoms with E-state index in [0.29, 0.717) is 25.7 Å². The Morgan fingerprint density at radius 2 is 1.29 bits per heavy atom. The maximum absolute atomic E-state index is 13.0. The molecule has 2 rings (SSSR count). The Labute approximate surface area is 125 Å². The van der Waals surface area contributed by atoms with Crippen molar-refractivity contribution in [3.8, 4) is 0 Å². The number of hydrogen-bond donors (Lipinski definition) is 0. The number of benzene rings is 2. The molecule has 0 aliphatic carbocycles. The Kier molecular flexibility index (Phi) is 5.68. The van der Waals surface area contributed by atoms with Crippen LogP contribution in [0.3, 0.4) is 0 Å². The Morgan fingerprint density at radius 3 is 1.81 bits per heavy atom. The van der Waals surface area contributed by atoms with E-state index in [0.717, 1.165) is 11.1 Å². The van der Waals surface area contributed by atoms with Crippen molar-refractivity contribution in [2.75, 3.05) is 0 Å². The van der Waals surface area contributed by atoms with E-state index >= 15 is 0 Å². The molecule has 0 nitrogen and oxygen atoms in total. The number of rotatable bonds is 6. The van der Waals surface area contributed by atoms with Gasteiger partial charge in [-0.2, -0.15) is 8.78 Å². The van der Waals surface area contributed by atoms with E-state index in [9.17, 15) is 8.78 Å². The molecule has 0 fully saturated rings. The van der Waals surface area contributed by atoms with Crippen molar-refractivity contribution in [2.24, 2.45) is 0 Å². The molecule has 2 aromatic rings. The van der Waals surface area contributed by atoms with Crippen LogP contribution in [0.25, 0.3) is 0 Å². The second-order valence-corrected chi connectivity index (χ2v) is 5.34. The van der Waals surface area contributed by atoms with E-state index in [-0.39, 0.29) is 5.57 Å². The molecule has 0 radical (unpaired) electrons. The molecule has 0 amide bonds. The summed E-state index contributed by atoms with van der Waals surface area (Å²) in [6.45, 7) is 2.02. The highest BCUT2D eigenvalue weighted by molar-refractivity contribution is 5.23. The highest BCUT2D eigenvalue weighted by Gasteiger charge is 2.07. The Hall–Kier alpha value is -1.96. The third-order valence-electron chi connectivity index (χ3n) is 3.66. The minimum Gasteiger partial charge on any atom is -0.173 e. The number of hydrogen-bond acceptors (Lipinski definition) is 0. The van der Waals surface area contributed by atoms with Crippen LogP contribution in [0.15, 0.2) is 66.3 Å². The van der Waals surface area contributed by atoms with Gasteiger partial charge in [0.2, 0.25) is 0 Å². The molecule has 2 heteroatoms. The standard InChI is InChI=1S/C19H20F2/c1-15-7-9-17(10-8-15)12-14-18(19(20)21)13-11-16-5-3-2-4-6-16/h2-10H,11-14H2,1H3. The molecule has 0 aliphatic heterocycles. The molecule has 110 valence electrons. The van der Waals surface area contributed by atoms with Gasteiger partial charge >= 0.3 is 0 Å². The van der Waals surface area contributed by atoms with Crippen LogP contribution in [-0.2, 0) is 12.8 Å². The van der Waals surface area contributed by atoms with Crippen LogP contribution >= 0.6 is 0 Å². The van der Waals surface area contributed by atoms with Gasteiger partial charge in [0.05, 0.1) is 0 Å². The summed E-state index contributed by atoms with van der Waals surface area (Å²) in [4.78, 5) is 0. The second-order valence-electron chi connectivity index (χ2n) is 5.34. The minimum absolute atomic E-state index is 0.277. The fraction of sp³-hybridized carbons (Fsp3) is 0.263. The molecule has 21 heavy (non-hydrogen) atoms. The first kappa shape index (κ1) is 15.4. The highest BCUT2D eigenvalue weighted by Crippen LogP contribution is 2.21. The van der Waals surface area contributed by atoms with Crippen molar-refractivity contribution < 1.29 is 8.78 Å². The summed E-state index contributed by atoms with van der Waals surface area (Å²) in [5.74, 6) is 0. The van der Waals surface area contributed by atoms with Crippen molar-refractivity contribution in [3.05, 3.63) is 82.9 Å². The molecular formula is C19H20F2. The SMILES string of the molecule is Cc1ccc(CCC(CCc2ccccc2)=C(F)F)cc1. The molecule has 0 unspecified atom stereocenters. The Balaban J connectivity index is 1.91. The second kappa shape index (κ2) is 7.72. The molecule has 0 heterocycles. The van der Waals surface area contributed by atoms with Crippen molar-refractivity contribution in [1.29, 1.82) is 0 Å². The molecule has 0 spiro atoms. The van der Waals surface area contributed by atoms with Crippen LogP contribution in [0.4, 0.5) is 8.78 Å². The van der Waals surface area contributed by atoms with Crippen LogP contribution in [0, 0.1) is 6.92 Å². The average Bonchev–Trinajstić information content (AvgIpc) is 2.49. The van der Waals surface area contributed by atoms with E-state index in [4.69, 9.17) is 0 Å². The monoisotopic (exact) mass is 286 g/mol. The molecule has 0 saturated heterocycles. The lowest BCUT2D eigenvalue weighted by atomic mass is 9.99. The van der Waals surface area contributed by atoms with Crippen molar-refractivity contribution in [3.63, 3.8) is 0 Å². The van der Waals surface area contributed by atoms with Gasteiger partial charge in [-0.25, -0.2) is 0 Å². The zero-order valence-corrected chi connectivity index (χ0v) is 12.3. The van der Waals surface area contributed by atoms with Crippen LogP contribution in [0.1, 0.15) is 29.5 Å². The number of halogens is 2. The first-order valence-electron chi connectivity index (χ1n) is 7.27. The zero-order valence-electron chi connectivity index (χ0n) is 12.3. The zero-order chi connectivity index (χ0) is 15.1. The third kappa shape index (κ3) is 5.14. The summed E-state index contributed by atoms with van der Waals surface area (Å²) in [5.41, 5.74) is 3.68. The van der Waals surface area contributed by atoms with Gasteiger partial charge in [-0.1, -0.05) is 60.2 Å². The molecule has 0 bridgehead atoms. The summed E-state index contributed by atoms with van der Waals surface area (Å²) < 4.78 is 26.1. The summed E-state index contributed by atoms with van der Waals surface area (Å²) in [6.07, 6.45) is 0.678. The van der Waals surface area contributed by atoms with Crippen molar-refractivity contribution in [2.45, 2.75) is 32.6 Å². The average molecular weight is 286 g/mol. The normalized spacial score (nSPS) is 10.4. The van der Waals surface area contributed by atoms with Gasteiger partial charge in [0.25, 0.3) is 6.08 Å². The maximum Gasteiger partial charge on any atom is 0.269 e. The third-order valence-corrected chi connectivity index (χ3v) is 3.66. The highest BCUT2D eigenvalue weighted by atomic mass is 19.3. The fourth-order valence-corrected chi connectivity index (χ4v) is 2.30. The van der Waals surface area contributed by atoms with Crippen LogP contribution in [0.2, 0.25) is 0 Å². The molecule has 0 atom stereocenters. The van der Waals surface area contributed by atoms with Gasteiger partial charge in [0.1, 0.15) is 0 Å². The van der Waals surface area contributed by atoms with Crippen LogP contribution < -0.4 is 0 Å². The lowest BCUT2D eigenvalue weighted by molar-refractivity contribution is 0.403. The number of allylic oxidation sites excluding steroid dienone is 1. The summed E-state index contributed by atoms with van der Waals surface area (Å²) in [7, 11) is 0. The van der Waals surface area contributed by atoms with Crippen molar-refractivity contribution >= 4 is 0 Å². The molecule has 0 N–H and O–H groups in total. The summed E-state index contributed by atoms with van der Waals surface area (Å²) in [5, 5.41) is 0. The predicted octanol–water partition coefficient (Wildman–Crippen LogP) is 5.71. The molecule has 2 aromatic carbocycles. The molecule has 0 aliphatic rings. The maximum atomic E-state index is 13.0. The van der Waals surface area contributed by atoms with Crippen LogP contribution in [-0.4, -0.2) is 0 Å². The van der Waals surface area contributed by atoms with E-state index in [1.165, 1.54) is 5.56 Å². The lowest BCUT2D eigenvalue weighted by Crippen LogP contribution is -1.94. The van der Waals surface area contributed by atoms with Gasteiger partial charge < -0.3 is 0 Å². The Bertz CT molecular complexity index is 579. The van der Waals surface area contributed by atoms with Gasteiger partial charge in [-0.15, -0.1) is 0 Å². The van der Waals surface area contributed by atoms with Crippen molar-refractivity contribution in [1.82, 2.24) is 0 Å². The van der Waals surface area contributed by atoms with E-state index < -0.39 is 6.08 Å². The largest absolute Gasteiger partial charge is 0.269 e. The molecular weight excluding hydrogens is 266 g/mol. The first-order valence-corrected chi connectivity index (χ1v) is 7.27. The van der Waals surface area contributed by atoms with Gasteiger partial charge in [0.15, 0.2) is 0 Å². The van der Waals surface area contributed by atoms with Gasteiger partial charge in [0, 0.05) is 0 Å². The fourth-order valence-electron chi connectivity index (χ4n) is 2.30. The van der Waals surface area contributed by atoms with Crippen LogP contribution in [0.5, 0.6) is 0 Å².